The molecule has 0 atom stereocenters. The minimum absolute atomic E-state index is 0.110. The van der Waals surface area contributed by atoms with Gasteiger partial charge in [-0.3, -0.25) is 0 Å². The second kappa shape index (κ2) is 3.51. The molecule has 1 heterocycles. The third-order valence-corrected chi connectivity index (χ3v) is 2.28. The molecular formula is C9H5ClF2N2O. The number of hydrogen-bond acceptors (Lipinski definition) is 3. The average Bonchev–Trinajstić information content (AvgIpc) is 2.60. The van der Waals surface area contributed by atoms with E-state index in [1.807, 2.05) is 0 Å². The summed E-state index contributed by atoms with van der Waals surface area (Å²) in [5.41, 5.74) is 5.38. The van der Waals surface area contributed by atoms with Crippen LogP contribution in [0.1, 0.15) is 0 Å². The molecule has 0 bridgehead atoms. The predicted octanol–water partition coefficient (Wildman–Crippen LogP) is 2.86. The Bertz CT molecular complexity index is 513. The molecule has 0 spiro atoms. The lowest BCUT2D eigenvalue weighted by Crippen LogP contribution is -1.91. The maximum Gasteiger partial charge on any atom is 0.230 e. The third-order valence-electron chi connectivity index (χ3n) is 1.91. The van der Waals surface area contributed by atoms with Crippen molar-refractivity contribution in [1.82, 2.24) is 5.16 Å². The molecule has 3 nitrogen and oxygen atoms in total. The first-order valence-corrected chi connectivity index (χ1v) is 4.33. The fraction of sp³-hybridized carbons (Fsp3) is 0. The molecule has 15 heavy (non-hydrogen) atoms. The van der Waals surface area contributed by atoms with Gasteiger partial charge >= 0.3 is 0 Å². The molecule has 78 valence electrons. The van der Waals surface area contributed by atoms with Crippen molar-refractivity contribution in [3.8, 4) is 11.1 Å². The van der Waals surface area contributed by atoms with Crippen LogP contribution in [-0.4, -0.2) is 5.16 Å². The molecule has 0 aliphatic heterocycles. The van der Waals surface area contributed by atoms with E-state index in [1.165, 1.54) is 6.20 Å². The Morgan fingerprint density at radius 3 is 2.53 bits per heavy atom. The van der Waals surface area contributed by atoms with Crippen molar-refractivity contribution >= 4 is 17.5 Å². The lowest BCUT2D eigenvalue weighted by molar-refractivity contribution is 0.436. The van der Waals surface area contributed by atoms with E-state index >= 15 is 0 Å². The Morgan fingerprint density at radius 1 is 1.27 bits per heavy atom. The summed E-state index contributed by atoms with van der Waals surface area (Å²) in [5, 5.41) is 3.02. The molecule has 2 rings (SSSR count). The Morgan fingerprint density at radius 2 is 1.93 bits per heavy atom. The minimum atomic E-state index is -0.728. The van der Waals surface area contributed by atoms with E-state index in [0.29, 0.717) is 0 Å². The summed E-state index contributed by atoms with van der Waals surface area (Å²) in [6.07, 6.45) is 1.18. The summed E-state index contributed by atoms with van der Waals surface area (Å²) in [6.45, 7) is 0. The molecule has 2 N–H and O–H groups in total. The van der Waals surface area contributed by atoms with Crippen molar-refractivity contribution in [3.63, 3.8) is 0 Å². The quantitative estimate of drug-likeness (QED) is 0.767. The van der Waals surface area contributed by atoms with Crippen molar-refractivity contribution in [2.75, 3.05) is 5.73 Å². The molecule has 1 aromatic carbocycles. The first kappa shape index (κ1) is 9.92. The van der Waals surface area contributed by atoms with Crippen LogP contribution in [0.2, 0.25) is 5.02 Å². The highest BCUT2D eigenvalue weighted by Gasteiger charge is 2.18. The Kier molecular flexibility index (Phi) is 2.32. The van der Waals surface area contributed by atoms with Crippen LogP contribution in [0.4, 0.5) is 14.7 Å². The van der Waals surface area contributed by atoms with Gasteiger partial charge < -0.3 is 10.3 Å². The highest BCUT2D eigenvalue weighted by atomic mass is 35.5. The monoisotopic (exact) mass is 230 g/mol. The van der Waals surface area contributed by atoms with Gasteiger partial charge in [0.25, 0.3) is 0 Å². The molecule has 1 aromatic heterocycles. The van der Waals surface area contributed by atoms with Crippen LogP contribution in [0.5, 0.6) is 0 Å². The van der Waals surface area contributed by atoms with E-state index in [4.69, 9.17) is 17.3 Å². The number of benzene rings is 1. The van der Waals surface area contributed by atoms with Gasteiger partial charge in [-0.2, -0.15) is 0 Å². The van der Waals surface area contributed by atoms with Crippen LogP contribution in [0.3, 0.4) is 0 Å². The number of anilines is 1. The van der Waals surface area contributed by atoms with Gasteiger partial charge in [0.15, 0.2) is 0 Å². The zero-order valence-corrected chi connectivity index (χ0v) is 8.05. The molecule has 0 fully saturated rings. The topological polar surface area (TPSA) is 52.0 Å². The third kappa shape index (κ3) is 1.55. The number of hydrogen-bond donors (Lipinski definition) is 1. The summed E-state index contributed by atoms with van der Waals surface area (Å²) < 4.78 is 31.0. The Labute approximate surface area is 88.4 Å². The van der Waals surface area contributed by atoms with Crippen LogP contribution in [0.15, 0.2) is 22.9 Å². The fourth-order valence-electron chi connectivity index (χ4n) is 1.21. The molecule has 2 aromatic rings. The van der Waals surface area contributed by atoms with E-state index in [2.05, 4.69) is 9.68 Å². The smallest absolute Gasteiger partial charge is 0.230 e. The second-order valence-electron chi connectivity index (χ2n) is 2.82. The zero-order valence-electron chi connectivity index (χ0n) is 7.30. The van der Waals surface area contributed by atoms with Gasteiger partial charge in [-0.1, -0.05) is 16.8 Å². The summed E-state index contributed by atoms with van der Waals surface area (Å²) in [5.74, 6) is -1.52. The molecule has 0 aliphatic rings. The van der Waals surface area contributed by atoms with Crippen LogP contribution < -0.4 is 5.73 Å². The van der Waals surface area contributed by atoms with Gasteiger partial charge in [0.1, 0.15) is 11.6 Å². The van der Waals surface area contributed by atoms with Gasteiger partial charge in [0.05, 0.1) is 16.8 Å². The zero-order chi connectivity index (χ0) is 11.0. The van der Waals surface area contributed by atoms with Crippen LogP contribution in [0, 0.1) is 11.6 Å². The molecule has 0 radical (unpaired) electrons. The fourth-order valence-corrected chi connectivity index (χ4v) is 1.47. The number of aromatic nitrogens is 1. The summed E-state index contributed by atoms with van der Waals surface area (Å²) in [4.78, 5) is 0. The van der Waals surface area contributed by atoms with E-state index in [-0.39, 0.29) is 22.0 Å². The van der Waals surface area contributed by atoms with Crippen molar-refractivity contribution in [3.05, 3.63) is 35.0 Å². The summed E-state index contributed by atoms with van der Waals surface area (Å²) in [7, 11) is 0. The normalized spacial score (nSPS) is 10.6. The van der Waals surface area contributed by atoms with Crippen molar-refractivity contribution in [2.24, 2.45) is 0 Å². The molecule has 0 amide bonds. The number of rotatable bonds is 1. The maximum absolute atomic E-state index is 13.4. The van der Waals surface area contributed by atoms with Gasteiger partial charge in [-0.15, -0.1) is 0 Å². The van der Waals surface area contributed by atoms with E-state index in [1.54, 1.807) is 0 Å². The lowest BCUT2D eigenvalue weighted by atomic mass is 10.1. The lowest BCUT2D eigenvalue weighted by Gasteiger charge is -2.04. The van der Waals surface area contributed by atoms with Crippen LogP contribution in [0.25, 0.3) is 11.1 Å². The average molecular weight is 231 g/mol. The molecule has 0 saturated carbocycles. The largest absolute Gasteiger partial charge is 0.367 e. The van der Waals surface area contributed by atoms with Crippen molar-refractivity contribution in [2.45, 2.75) is 0 Å². The van der Waals surface area contributed by atoms with Gasteiger partial charge in [-0.05, 0) is 12.1 Å². The molecule has 0 saturated heterocycles. The second-order valence-corrected chi connectivity index (χ2v) is 3.20. The van der Waals surface area contributed by atoms with Crippen molar-refractivity contribution in [1.29, 1.82) is 0 Å². The van der Waals surface area contributed by atoms with Crippen LogP contribution in [-0.2, 0) is 0 Å². The number of nitrogen functional groups attached to an aromatic ring is 1. The van der Waals surface area contributed by atoms with E-state index < -0.39 is 11.6 Å². The summed E-state index contributed by atoms with van der Waals surface area (Å²) in [6, 6.07) is 1.90. The SMILES string of the molecule is Nc1oncc1-c1c(F)ccc(F)c1Cl. The minimum Gasteiger partial charge on any atom is -0.367 e. The predicted molar refractivity (Wildman–Crippen MR) is 51.3 cm³/mol. The first-order valence-electron chi connectivity index (χ1n) is 3.95. The van der Waals surface area contributed by atoms with Crippen molar-refractivity contribution < 1.29 is 13.3 Å². The molecule has 0 unspecified atom stereocenters. The van der Waals surface area contributed by atoms with E-state index in [0.717, 1.165) is 12.1 Å². The maximum atomic E-state index is 13.4. The van der Waals surface area contributed by atoms with Gasteiger partial charge in [0.2, 0.25) is 5.88 Å². The van der Waals surface area contributed by atoms with Crippen LogP contribution >= 0.6 is 11.6 Å². The Hall–Kier alpha value is -1.62. The number of nitrogens with two attached hydrogens (primary N) is 1. The number of halogens is 3. The molecule has 6 heteroatoms. The molecule has 0 aliphatic carbocycles. The first-order chi connectivity index (χ1) is 7.11. The summed E-state index contributed by atoms with van der Waals surface area (Å²) >= 11 is 5.62. The van der Waals surface area contributed by atoms with Gasteiger partial charge in [0, 0.05) is 5.56 Å². The Balaban J connectivity index is 2.72. The van der Waals surface area contributed by atoms with E-state index in [9.17, 15) is 8.78 Å². The highest BCUT2D eigenvalue weighted by Crippen LogP contribution is 2.35. The van der Waals surface area contributed by atoms with Gasteiger partial charge in [-0.25, -0.2) is 8.78 Å². The standard InChI is InChI=1S/C9H5ClF2N2O/c10-8-6(12)2-1-5(11)7(8)4-3-14-15-9(4)13/h1-3H,13H2. The number of nitrogens with zero attached hydrogens (tertiary/aromatic N) is 1. The highest BCUT2D eigenvalue weighted by molar-refractivity contribution is 6.33. The molecular weight excluding hydrogens is 226 g/mol.